The number of esters is 1. The second-order valence-corrected chi connectivity index (χ2v) is 3.80. The highest BCUT2D eigenvalue weighted by Crippen LogP contribution is 2.15. The SMILES string of the molecule is CCOC(=O)c1cnc(Nc2ccccc2F)[nH]c1=O. The van der Waals surface area contributed by atoms with Crippen LogP contribution in [0, 0.1) is 5.82 Å². The standard InChI is InChI=1S/C13H12FN3O3/c1-2-20-12(19)8-7-15-13(17-11(8)18)16-10-6-4-3-5-9(10)14/h3-7H,2H2,1H3,(H2,15,16,17,18). The molecular formula is C13H12FN3O3. The van der Waals surface area contributed by atoms with Crippen molar-refractivity contribution in [2.24, 2.45) is 0 Å². The van der Waals surface area contributed by atoms with E-state index in [1.165, 1.54) is 12.1 Å². The molecule has 2 N–H and O–H groups in total. The summed E-state index contributed by atoms with van der Waals surface area (Å²) in [6.45, 7) is 1.79. The van der Waals surface area contributed by atoms with Crippen LogP contribution in [0.15, 0.2) is 35.3 Å². The number of benzene rings is 1. The van der Waals surface area contributed by atoms with E-state index in [-0.39, 0.29) is 23.8 Å². The molecule has 0 atom stereocenters. The number of ether oxygens (including phenoxy) is 1. The topological polar surface area (TPSA) is 84.1 Å². The van der Waals surface area contributed by atoms with E-state index in [1.807, 2.05) is 0 Å². The van der Waals surface area contributed by atoms with Crippen LogP contribution in [-0.2, 0) is 4.74 Å². The van der Waals surface area contributed by atoms with Gasteiger partial charge in [-0.05, 0) is 19.1 Å². The van der Waals surface area contributed by atoms with Crippen molar-refractivity contribution in [1.29, 1.82) is 0 Å². The van der Waals surface area contributed by atoms with Gasteiger partial charge in [0, 0.05) is 0 Å². The monoisotopic (exact) mass is 277 g/mol. The second-order valence-electron chi connectivity index (χ2n) is 3.80. The number of nitrogens with one attached hydrogen (secondary N) is 2. The highest BCUT2D eigenvalue weighted by atomic mass is 19.1. The number of carbonyl (C=O) groups excluding carboxylic acids is 1. The molecule has 0 aliphatic rings. The zero-order valence-corrected chi connectivity index (χ0v) is 10.6. The average molecular weight is 277 g/mol. The van der Waals surface area contributed by atoms with Gasteiger partial charge in [-0.3, -0.25) is 9.78 Å². The predicted molar refractivity (Wildman–Crippen MR) is 70.5 cm³/mol. The Hall–Kier alpha value is -2.70. The number of aromatic nitrogens is 2. The van der Waals surface area contributed by atoms with Crippen LogP contribution in [-0.4, -0.2) is 22.5 Å². The summed E-state index contributed by atoms with van der Waals surface area (Å²) < 4.78 is 18.1. The Morgan fingerprint density at radius 3 is 2.85 bits per heavy atom. The average Bonchev–Trinajstić information content (AvgIpc) is 2.42. The largest absolute Gasteiger partial charge is 0.462 e. The maximum Gasteiger partial charge on any atom is 0.345 e. The number of anilines is 2. The van der Waals surface area contributed by atoms with Crippen molar-refractivity contribution in [1.82, 2.24) is 9.97 Å². The molecule has 0 unspecified atom stereocenters. The van der Waals surface area contributed by atoms with Crippen LogP contribution >= 0.6 is 0 Å². The summed E-state index contributed by atoms with van der Waals surface area (Å²) in [6, 6.07) is 5.94. The molecule has 2 aromatic rings. The molecule has 0 amide bonds. The Bertz CT molecular complexity index is 685. The molecule has 0 radical (unpaired) electrons. The molecular weight excluding hydrogens is 265 g/mol. The third-order valence-electron chi connectivity index (χ3n) is 2.42. The number of hydrogen-bond donors (Lipinski definition) is 2. The fourth-order valence-electron chi connectivity index (χ4n) is 1.50. The summed E-state index contributed by atoms with van der Waals surface area (Å²) in [4.78, 5) is 29.3. The smallest absolute Gasteiger partial charge is 0.345 e. The molecule has 0 saturated carbocycles. The Kier molecular flexibility index (Phi) is 4.09. The van der Waals surface area contributed by atoms with Crippen molar-refractivity contribution in [2.75, 3.05) is 11.9 Å². The molecule has 0 aliphatic heterocycles. The molecule has 1 aromatic heterocycles. The first-order valence-corrected chi connectivity index (χ1v) is 5.89. The highest BCUT2D eigenvalue weighted by Gasteiger charge is 2.13. The summed E-state index contributed by atoms with van der Waals surface area (Å²) in [5.41, 5.74) is -0.692. The maximum absolute atomic E-state index is 13.4. The van der Waals surface area contributed by atoms with Crippen LogP contribution in [0.1, 0.15) is 17.3 Å². The van der Waals surface area contributed by atoms with Gasteiger partial charge < -0.3 is 10.1 Å². The Morgan fingerprint density at radius 1 is 1.45 bits per heavy atom. The van der Waals surface area contributed by atoms with Crippen LogP contribution in [0.2, 0.25) is 0 Å². The third-order valence-corrected chi connectivity index (χ3v) is 2.42. The van der Waals surface area contributed by atoms with Gasteiger partial charge in [-0.25, -0.2) is 14.2 Å². The minimum absolute atomic E-state index is 0.0353. The highest BCUT2D eigenvalue weighted by molar-refractivity contribution is 5.88. The van der Waals surface area contributed by atoms with E-state index in [9.17, 15) is 14.0 Å². The van der Waals surface area contributed by atoms with Gasteiger partial charge in [0.25, 0.3) is 5.56 Å². The van der Waals surface area contributed by atoms with Crippen LogP contribution in [0.4, 0.5) is 16.0 Å². The first-order chi connectivity index (χ1) is 9.61. The molecule has 1 aromatic carbocycles. The van der Waals surface area contributed by atoms with Crippen LogP contribution in [0.25, 0.3) is 0 Å². The maximum atomic E-state index is 13.4. The molecule has 0 bridgehead atoms. The lowest BCUT2D eigenvalue weighted by atomic mass is 10.3. The molecule has 0 spiro atoms. The number of H-pyrrole nitrogens is 1. The predicted octanol–water partition coefficient (Wildman–Crippen LogP) is 1.83. The fraction of sp³-hybridized carbons (Fsp3) is 0.154. The summed E-state index contributed by atoms with van der Waals surface area (Å²) in [5.74, 6) is -1.20. The normalized spacial score (nSPS) is 10.1. The van der Waals surface area contributed by atoms with Gasteiger partial charge in [0.05, 0.1) is 18.5 Å². The van der Waals surface area contributed by atoms with Crippen molar-refractivity contribution in [3.63, 3.8) is 0 Å². The first kappa shape index (κ1) is 13.7. The zero-order chi connectivity index (χ0) is 14.5. The number of carbonyl (C=O) groups is 1. The second kappa shape index (κ2) is 5.96. The van der Waals surface area contributed by atoms with Crippen LogP contribution < -0.4 is 10.9 Å². The molecule has 0 saturated heterocycles. The van der Waals surface area contributed by atoms with Crippen LogP contribution in [0.5, 0.6) is 0 Å². The molecule has 1 heterocycles. The Morgan fingerprint density at radius 2 is 2.20 bits per heavy atom. The molecule has 2 rings (SSSR count). The molecule has 104 valence electrons. The van der Waals surface area contributed by atoms with E-state index in [0.29, 0.717) is 0 Å². The van der Waals surface area contributed by atoms with E-state index in [2.05, 4.69) is 15.3 Å². The molecule has 0 fully saturated rings. The lowest BCUT2D eigenvalue weighted by Gasteiger charge is -2.06. The number of hydrogen-bond acceptors (Lipinski definition) is 5. The number of nitrogens with zero attached hydrogens (tertiary/aromatic N) is 1. The molecule has 6 nitrogen and oxygen atoms in total. The number of para-hydroxylation sites is 1. The van der Waals surface area contributed by atoms with E-state index >= 15 is 0 Å². The Labute approximate surface area is 113 Å². The van der Waals surface area contributed by atoms with Crippen molar-refractivity contribution < 1.29 is 13.9 Å². The van der Waals surface area contributed by atoms with Crippen LogP contribution in [0.3, 0.4) is 0 Å². The number of halogens is 1. The van der Waals surface area contributed by atoms with Crippen molar-refractivity contribution in [3.05, 3.63) is 52.2 Å². The van der Waals surface area contributed by atoms with Gasteiger partial charge in [0.15, 0.2) is 0 Å². The minimum atomic E-state index is -0.751. The van der Waals surface area contributed by atoms with Gasteiger partial charge >= 0.3 is 5.97 Å². The van der Waals surface area contributed by atoms with Gasteiger partial charge in [-0.1, -0.05) is 12.1 Å². The molecule has 20 heavy (non-hydrogen) atoms. The van der Waals surface area contributed by atoms with E-state index in [0.717, 1.165) is 6.20 Å². The fourth-order valence-corrected chi connectivity index (χ4v) is 1.50. The quantitative estimate of drug-likeness (QED) is 0.833. The van der Waals surface area contributed by atoms with Gasteiger partial charge in [0.2, 0.25) is 5.95 Å². The van der Waals surface area contributed by atoms with E-state index < -0.39 is 17.3 Å². The summed E-state index contributed by atoms with van der Waals surface area (Å²) in [6.07, 6.45) is 1.08. The van der Waals surface area contributed by atoms with Gasteiger partial charge in [0.1, 0.15) is 11.4 Å². The molecule has 7 heteroatoms. The van der Waals surface area contributed by atoms with Gasteiger partial charge in [-0.15, -0.1) is 0 Å². The summed E-state index contributed by atoms with van der Waals surface area (Å²) in [5, 5.41) is 2.62. The first-order valence-electron chi connectivity index (χ1n) is 5.89. The van der Waals surface area contributed by atoms with Crippen molar-refractivity contribution in [2.45, 2.75) is 6.92 Å². The number of aromatic amines is 1. The summed E-state index contributed by atoms with van der Waals surface area (Å²) >= 11 is 0. The lowest BCUT2D eigenvalue weighted by molar-refractivity contribution is 0.0524. The number of rotatable bonds is 4. The van der Waals surface area contributed by atoms with E-state index in [1.54, 1.807) is 19.1 Å². The minimum Gasteiger partial charge on any atom is -0.462 e. The Balaban J connectivity index is 2.24. The zero-order valence-electron chi connectivity index (χ0n) is 10.6. The van der Waals surface area contributed by atoms with Crippen molar-refractivity contribution >= 4 is 17.6 Å². The van der Waals surface area contributed by atoms with Crippen molar-refractivity contribution in [3.8, 4) is 0 Å². The van der Waals surface area contributed by atoms with E-state index in [4.69, 9.17) is 4.74 Å². The summed E-state index contributed by atoms with van der Waals surface area (Å²) in [7, 11) is 0. The molecule has 0 aliphatic carbocycles. The third kappa shape index (κ3) is 3.00. The lowest BCUT2D eigenvalue weighted by Crippen LogP contribution is -2.21. The van der Waals surface area contributed by atoms with Gasteiger partial charge in [-0.2, -0.15) is 0 Å².